The number of nitrogens with one attached hydrogen (secondary N) is 1. The van der Waals surface area contributed by atoms with Crippen molar-refractivity contribution in [1.82, 2.24) is 5.32 Å². The molecule has 2 aromatic carbocycles. The monoisotopic (exact) mass is 346 g/mol. The Morgan fingerprint density at radius 1 is 1.12 bits per heavy atom. The summed E-state index contributed by atoms with van der Waals surface area (Å²) in [6, 6.07) is 17.8. The maximum atomic E-state index is 12.7. The number of halogens is 1. The number of ether oxygens (including phenoxy) is 1. The van der Waals surface area contributed by atoms with E-state index in [1.165, 1.54) is 5.56 Å². The van der Waals surface area contributed by atoms with E-state index in [1.807, 2.05) is 47.4 Å². The zero-order chi connectivity index (χ0) is 16.1. The maximum absolute atomic E-state index is 12.7. The van der Waals surface area contributed by atoms with E-state index in [2.05, 4.69) is 17.4 Å². The third kappa shape index (κ3) is 4.28. The highest BCUT2D eigenvalue weighted by atomic mass is 35.5. The number of aryl methyl sites for hydroxylation is 1. The molecular formula is C19H23ClN2O2. The second-order valence-corrected chi connectivity index (χ2v) is 5.72. The van der Waals surface area contributed by atoms with Gasteiger partial charge in [0.05, 0.1) is 13.2 Å². The Kier molecular flexibility index (Phi) is 6.64. The summed E-state index contributed by atoms with van der Waals surface area (Å²) in [4.78, 5) is 14.6. The van der Waals surface area contributed by atoms with Crippen molar-refractivity contribution < 1.29 is 9.53 Å². The van der Waals surface area contributed by atoms with Gasteiger partial charge in [-0.1, -0.05) is 30.3 Å². The van der Waals surface area contributed by atoms with Crippen LogP contribution >= 0.6 is 12.4 Å². The van der Waals surface area contributed by atoms with Gasteiger partial charge in [-0.2, -0.15) is 0 Å². The number of carbonyl (C=O) groups excluding carboxylic acids is 1. The van der Waals surface area contributed by atoms with E-state index in [0.717, 1.165) is 30.8 Å². The second-order valence-electron chi connectivity index (χ2n) is 5.72. The van der Waals surface area contributed by atoms with Crippen LogP contribution in [-0.4, -0.2) is 32.1 Å². The second kappa shape index (κ2) is 8.71. The highest BCUT2D eigenvalue weighted by Crippen LogP contribution is 2.22. The highest BCUT2D eigenvalue weighted by Gasteiger charge is 2.28. The van der Waals surface area contributed by atoms with E-state index >= 15 is 0 Å². The molecule has 0 aromatic heterocycles. The number of piperazine rings is 1. The molecule has 1 saturated heterocycles. The van der Waals surface area contributed by atoms with Gasteiger partial charge < -0.3 is 15.0 Å². The molecule has 1 atom stereocenters. The van der Waals surface area contributed by atoms with Gasteiger partial charge in [0.1, 0.15) is 5.75 Å². The first kappa shape index (κ1) is 18.3. The number of nitrogens with zero attached hydrogens (tertiary/aromatic N) is 1. The molecule has 1 aliphatic rings. The van der Waals surface area contributed by atoms with Gasteiger partial charge in [-0.15, -0.1) is 12.4 Å². The molecule has 0 aliphatic carbocycles. The summed E-state index contributed by atoms with van der Waals surface area (Å²) in [6.07, 6.45) is 1.72. The fourth-order valence-corrected chi connectivity index (χ4v) is 2.94. The molecule has 4 nitrogen and oxygen atoms in total. The standard InChI is InChI=1S/C19H22N2O2.ClH/c1-23-17-10-8-16(9-11-17)21-14-13-20-18(19(21)22)12-7-15-5-3-2-4-6-15;/h2-6,8-11,18,20H,7,12-14H2,1H3;1H/t18-;/m0./s1. The number of benzene rings is 2. The molecule has 2 aromatic rings. The zero-order valence-corrected chi connectivity index (χ0v) is 14.6. The maximum Gasteiger partial charge on any atom is 0.244 e. The highest BCUT2D eigenvalue weighted by molar-refractivity contribution is 5.98. The summed E-state index contributed by atoms with van der Waals surface area (Å²) in [5.41, 5.74) is 2.20. The van der Waals surface area contributed by atoms with Crippen LogP contribution in [0.4, 0.5) is 5.69 Å². The summed E-state index contributed by atoms with van der Waals surface area (Å²) in [5.74, 6) is 0.953. The van der Waals surface area contributed by atoms with Gasteiger partial charge in [0.25, 0.3) is 0 Å². The van der Waals surface area contributed by atoms with Crippen LogP contribution in [0.2, 0.25) is 0 Å². The first-order chi connectivity index (χ1) is 11.3. The topological polar surface area (TPSA) is 41.6 Å². The van der Waals surface area contributed by atoms with E-state index in [-0.39, 0.29) is 24.4 Å². The lowest BCUT2D eigenvalue weighted by Crippen LogP contribution is -2.55. The Morgan fingerprint density at radius 2 is 1.83 bits per heavy atom. The van der Waals surface area contributed by atoms with Crippen molar-refractivity contribution in [1.29, 1.82) is 0 Å². The van der Waals surface area contributed by atoms with Crippen molar-refractivity contribution in [3.05, 3.63) is 60.2 Å². The number of methoxy groups -OCH3 is 1. The van der Waals surface area contributed by atoms with Crippen LogP contribution in [-0.2, 0) is 11.2 Å². The first-order valence-electron chi connectivity index (χ1n) is 8.00. The molecule has 0 unspecified atom stereocenters. The molecule has 1 amide bonds. The van der Waals surface area contributed by atoms with Gasteiger partial charge >= 0.3 is 0 Å². The Morgan fingerprint density at radius 3 is 2.50 bits per heavy atom. The molecule has 1 heterocycles. The quantitative estimate of drug-likeness (QED) is 0.904. The van der Waals surface area contributed by atoms with E-state index in [9.17, 15) is 4.79 Å². The van der Waals surface area contributed by atoms with Crippen molar-refractivity contribution in [3.63, 3.8) is 0 Å². The molecule has 0 radical (unpaired) electrons. The summed E-state index contributed by atoms with van der Waals surface area (Å²) in [7, 11) is 1.64. The summed E-state index contributed by atoms with van der Waals surface area (Å²) >= 11 is 0. The van der Waals surface area contributed by atoms with Crippen LogP contribution in [0, 0.1) is 0 Å². The van der Waals surface area contributed by atoms with Gasteiger partial charge in [-0.3, -0.25) is 4.79 Å². The van der Waals surface area contributed by atoms with E-state index in [4.69, 9.17) is 4.74 Å². The predicted molar refractivity (Wildman–Crippen MR) is 99.1 cm³/mol. The Hall–Kier alpha value is -2.04. The number of rotatable bonds is 5. The van der Waals surface area contributed by atoms with E-state index in [1.54, 1.807) is 7.11 Å². The lowest BCUT2D eigenvalue weighted by Gasteiger charge is -2.33. The first-order valence-corrected chi connectivity index (χ1v) is 8.00. The zero-order valence-electron chi connectivity index (χ0n) is 13.8. The summed E-state index contributed by atoms with van der Waals surface area (Å²) in [5, 5.41) is 3.35. The molecule has 5 heteroatoms. The minimum absolute atomic E-state index is 0. The van der Waals surface area contributed by atoms with Crippen LogP contribution in [0.25, 0.3) is 0 Å². The van der Waals surface area contributed by atoms with Crippen LogP contribution in [0.5, 0.6) is 5.75 Å². The summed E-state index contributed by atoms with van der Waals surface area (Å²) in [6.45, 7) is 1.52. The molecule has 1 N–H and O–H groups in total. The number of anilines is 1. The SMILES string of the molecule is COc1ccc(N2CCN[C@@H](CCc3ccccc3)C2=O)cc1.Cl. The van der Waals surface area contributed by atoms with Crippen LogP contribution in [0.3, 0.4) is 0 Å². The summed E-state index contributed by atoms with van der Waals surface area (Å²) < 4.78 is 5.18. The van der Waals surface area contributed by atoms with Crippen molar-refractivity contribution in [3.8, 4) is 5.75 Å². The van der Waals surface area contributed by atoms with Gasteiger partial charge in [0.15, 0.2) is 0 Å². The van der Waals surface area contributed by atoms with Crippen molar-refractivity contribution >= 4 is 24.0 Å². The largest absolute Gasteiger partial charge is 0.497 e. The molecular weight excluding hydrogens is 324 g/mol. The van der Waals surface area contributed by atoms with Gasteiger partial charge in [0.2, 0.25) is 5.91 Å². The minimum atomic E-state index is -0.119. The van der Waals surface area contributed by atoms with Crippen LogP contribution in [0.1, 0.15) is 12.0 Å². The lowest BCUT2D eigenvalue weighted by atomic mass is 10.0. The van der Waals surface area contributed by atoms with Crippen LogP contribution in [0.15, 0.2) is 54.6 Å². The number of amides is 1. The lowest BCUT2D eigenvalue weighted by molar-refractivity contribution is -0.121. The molecule has 0 spiro atoms. The fraction of sp³-hybridized carbons (Fsp3) is 0.316. The third-order valence-electron chi connectivity index (χ3n) is 4.24. The van der Waals surface area contributed by atoms with Gasteiger partial charge in [-0.25, -0.2) is 0 Å². The Labute approximate surface area is 149 Å². The average molecular weight is 347 g/mol. The van der Waals surface area contributed by atoms with E-state index < -0.39 is 0 Å². The Balaban J connectivity index is 0.00000208. The predicted octanol–water partition coefficient (Wildman–Crippen LogP) is 3.05. The number of carbonyl (C=O) groups is 1. The molecule has 1 aliphatic heterocycles. The fourth-order valence-electron chi connectivity index (χ4n) is 2.94. The van der Waals surface area contributed by atoms with Gasteiger partial charge in [0, 0.05) is 18.8 Å². The molecule has 128 valence electrons. The Bertz CT molecular complexity index is 646. The van der Waals surface area contributed by atoms with Gasteiger partial charge in [-0.05, 0) is 42.7 Å². The van der Waals surface area contributed by atoms with Crippen molar-refractivity contribution in [2.45, 2.75) is 18.9 Å². The molecule has 24 heavy (non-hydrogen) atoms. The number of hydrogen-bond acceptors (Lipinski definition) is 3. The normalized spacial score (nSPS) is 17.3. The molecule has 1 fully saturated rings. The molecule has 3 rings (SSSR count). The third-order valence-corrected chi connectivity index (χ3v) is 4.24. The van der Waals surface area contributed by atoms with Crippen molar-refractivity contribution in [2.75, 3.05) is 25.1 Å². The molecule has 0 saturated carbocycles. The van der Waals surface area contributed by atoms with Crippen molar-refractivity contribution in [2.24, 2.45) is 0 Å². The smallest absolute Gasteiger partial charge is 0.244 e. The average Bonchev–Trinajstić information content (AvgIpc) is 2.62. The van der Waals surface area contributed by atoms with Crippen LogP contribution < -0.4 is 15.0 Å². The minimum Gasteiger partial charge on any atom is -0.497 e. The molecule has 0 bridgehead atoms. The number of hydrogen-bond donors (Lipinski definition) is 1. The van der Waals surface area contributed by atoms with E-state index in [0.29, 0.717) is 6.54 Å².